The molecule has 2 saturated heterocycles. The van der Waals surface area contributed by atoms with E-state index in [1.54, 1.807) is 42.6 Å². The number of halogens is 3. The van der Waals surface area contributed by atoms with Crippen molar-refractivity contribution in [1.29, 1.82) is 0 Å². The largest absolute Gasteiger partial charge is 0.490 e. The van der Waals surface area contributed by atoms with Crippen LogP contribution in [-0.2, 0) is 36.8 Å². The lowest BCUT2D eigenvalue weighted by atomic mass is 9.80. The lowest BCUT2D eigenvalue weighted by Gasteiger charge is -2.34. The van der Waals surface area contributed by atoms with Gasteiger partial charge in [0.1, 0.15) is 65.4 Å². The number of nitrogens with zero attached hydrogens (tertiary/aromatic N) is 6. The number of carboxylic acids is 1. The predicted molar refractivity (Wildman–Crippen MR) is 277 cm³/mol. The second-order valence-electron chi connectivity index (χ2n) is 19.2. The third-order valence-corrected chi connectivity index (χ3v) is 15.6. The zero-order valence-electron chi connectivity index (χ0n) is 41.8. The van der Waals surface area contributed by atoms with Crippen molar-refractivity contribution in [3.63, 3.8) is 0 Å². The molecule has 2 bridgehead atoms. The number of thiophene rings is 1. The van der Waals surface area contributed by atoms with Gasteiger partial charge in [0.15, 0.2) is 5.76 Å². The number of allylic oxidation sites excluding steroid dienone is 4. The van der Waals surface area contributed by atoms with Crippen molar-refractivity contribution >= 4 is 44.7 Å². The summed E-state index contributed by atoms with van der Waals surface area (Å²) in [6, 6.07) is 13.1. The van der Waals surface area contributed by atoms with E-state index in [9.17, 15) is 14.3 Å². The van der Waals surface area contributed by atoms with E-state index in [1.165, 1.54) is 29.8 Å². The van der Waals surface area contributed by atoms with Crippen LogP contribution >= 0.6 is 22.9 Å². The van der Waals surface area contributed by atoms with Crippen LogP contribution < -0.4 is 14.2 Å². The monoisotopic (exact) mass is 1050 g/mol. The van der Waals surface area contributed by atoms with Gasteiger partial charge in [0.05, 0.1) is 49.1 Å². The van der Waals surface area contributed by atoms with Gasteiger partial charge in [-0.2, -0.15) is 0 Å². The second-order valence-corrected chi connectivity index (χ2v) is 20.6. The molecule has 392 valence electrons. The van der Waals surface area contributed by atoms with E-state index < -0.39 is 29.7 Å². The van der Waals surface area contributed by atoms with Crippen LogP contribution in [0.3, 0.4) is 0 Å². The molecule has 15 nitrogen and oxygen atoms in total. The van der Waals surface area contributed by atoms with Crippen LogP contribution in [0, 0.1) is 18.2 Å². The minimum atomic E-state index is -1.48. The molecule has 0 amide bonds. The van der Waals surface area contributed by atoms with E-state index >= 15 is 4.39 Å². The fraction of sp³-hybridized carbons (Fsp3) is 0.473. The van der Waals surface area contributed by atoms with Crippen LogP contribution in [0.1, 0.15) is 74.5 Å². The summed E-state index contributed by atoms with van der Waals surface area (Å²) in [5, 5.41) is 11.6. The summed E-state index contributed by atoms with van der Waals surface area (Å²) in [5.74, 6) is 2.56. The summed E-state index contributed by atoms with van der Waals surface area (Å²) in [6.07, 6.45) is 8.97. The smallest absolute Gasteiger partial charge is 0.345 e. The van der Waals surface area contributed by atoms with Crippen LogP contribution in [0.4, 0.5) is 8.78 Å². The first kappa shape index (κ1) is 53.1. The Kier molecular flexibility index (Phi) is 17.4. The van der Waals surface area contributed by atoms with Gasteiger partial charge >= 0.3 is 5.97 Å². The summed E-state index contributed by atoms with van der Waals surface area (Å²) < 4.78 is 73.2. The standard InChI is InChI=1S/C55H61ClF2N6O9S/c1-5-43-34(3)49(56)44(6-2)72-41(27-64-21-19-63(4)20-22-64)31-70-40-11-12-45(71-28-39-15-18-59-51(62-39)36-13-16-55(58,17-14-36)32-68-30-42-29-67-23-24-69-42)37(25-40)26-46(54(65)66)73-52-48-47(43)50(74-53(48)61-33-60-52)35-7-9-38(57)10-8-35/h2,7-12,15,18,25,33,36,41-42,46H,5,13-14,16-17,19-24,26-32H2,1,3-4H3,(H,65,66)/b43-34+,49-44-/t36-,41-,42+,46-,55-/m1/s1. The Labute approximate surface area is 438 Å². The Morgan fingerprint density at radius 3 is 2.55 bits per heavy atom. The van der Waals surface area contributed by atoms with Crippen LogP contribution in [0.15, 0.2) is 77.4 Å². The fourth-order valence-corrected chi connectivity index (χ4v) is 11.2. The number of carbonyl (C=O) groups is 1. The number of hydrogen-bond donors (Lipinski definition) is 1. The van der Waals surface area contributed by atoms with Gasteiger partial charge in [0.25, 0.3) is 0 Å². The first-order valence-corrected chi connectivity index (χ1v) is 26.3. The number of likely N-dealkylation sites (N-methyl/N-ethyl adjacent to an activating group) is 1. The van der Waals surface area contributed by atoms with Crippen molar-refractivity contribution < 1.29 is 51.8 Å². The van der Waals surface area contributed by atoms with E-state index in [-0.39, 0.29) is 61.5 Å². The molecule has 1 aliphatic carbocycles. The lowest BCUT2D eigenvalue weighted by molar-refractivity contribution is -0.145. The van der Waals surface area contributed by atoms with E-state index in [2.05, 4.69) is 37.7 Å². The van der Waals surface area contributed by atoms with E-state index in [1.807, 2.05) is 13.8 Å². The number of terminal acetylenes is 1. The van der Waals surface area contributed by atoms with Crippen molar-refractivity contribution in [3.05, 3.63) is 106 Å². The average molecular weight is 1060 g/mol. The van der Waals surface area contributed by atoms with Gasteiger partial charge in [-0.15, -0.1) is 17.8 Å². The summed E-state index contributed by atoms with van der Waals surface area (Å²) in [6.45, 7) is 9.55. The number of piperazine rings is 1. The van der Waals surface area contributed by atoms with Gasteiger partial charge < -0.3 is 43.2 Å². The fourth-order valence-electron chi connectivity index (χ4n) is 9.81. The first-order chi connectivity index (χ1) is 35.9. The molecule has 74 heavy (non-hydrogen) atoms. The number of aliphatic carboxylic acids is 1. The second kappa shape index (κ2) is 24.3. The highest BCUT2D eigenvalue weighted by atomic mass is 35.5. The van der Waals surface area contributed by atoms with Gasteiger partial charge in [-0.25, -0.2) is 33.5 Å². The molecule has 4 aliphatic rings. The van der Waals surface area contributed by atoms with Gasteiger partial charge in [-0.3, -0.25) is 4.90 Å². The maximum absolute atomic E-state index is 15.9. The molecule has 6 heterocycles. The predicted octanol–water partition coefficient (Wildman–Crippen LogP) is 9.03. The Hall–Kier alpha value is -5.78. The SMILES string of the molecule is C#C/C1=C(Cl)\C(C)=C(/CC)c2c(-c3ccc(F)cc3)sc3ncnc(c23)O[C@@H](C(=O)O)Cc2cc(ccc2OCc2ccnc([C@H]3CC[C@@](F)(COC[C@@H]4COCCO4)CC3)n2)OC[C@@H](CN2CCN(C)CC2)O1. The number of rotatable bonds is 13. The molecule has 2 aromatic carbocycles. The summed E-state index contributed by atoms with van der Waals surface area (Å²) >= 11 is 8.64. The molecule has 3 atom stereocenters. The number of fused-ring (bicyclic) bond motifs is 2. The number of carboxylic acid groups (broad SMARTS) is 1. The van der Waals surface area contributed by atoms with Crippen molar-refractivity contribution in [2.45, 2.75) is 88.9 Å². The number of aromatic nitrogens is 4. The van der Waals surface area contributed by atoms with Crippen LogP contribution in [-0.4, -0.2) is 144 Å². The average Bonchev–Trinajstić information content (AvgIpc) is 3.80. The highest BCUT2D eigenvalue weighted by Crippen LogP contribution is 2.48. The summed E-state index contributed by atoms with van der Waals surface area (Å²) in [4.78, 5) is 37.8. The number of alkyl halides is 1. The Morgan fingerprint density at radius 2 is 1.82 bits per heavy atom. The third kappa shape index (κ3) is 12.8. The van der Waals surface area contributed by atoms with E-state index in [0.29, 0.717) is 114 Å². The maximum Gasteiger partial charge on any atom is 0.345 e. The van der Waals surface area contributed by atoms with Gasteiger partial charge in [0, 0.05) is 67.3 Å². The van der Waals surface area contributed by atoms with E-state index in [0.717, 1.165) is 36.6 Å². The molecule has 3 fully saturated rings. The molecular formula is C55H61ClF2N6O9S. The summed E-state index contributed by atoms with van der Waals surface area (Å²) in [7, 11) is 2.09. The molecule has 9 rings (SSSR count). The van der Waals surface area contributed by atoms with Crippen molar-refractivity contribution in [2.24, 2.45) is 0 Å². The third-order valence-electron chi connectivity index (χ3n) is 14.0. The highest BCUT2D eigenvalue weighted by molar-refractivity contribution is 7.22. The van der Waals surface area contributed by atoms with Crippen molar-refractivity contribution in [3.8, 4) is 40.2 Å². The maximum atomic E-state index is 15.9. The zero-order chi connectivity index (χ0) is 51.8. The molecule has 1 N–H and O–H groups in total. The Balaban J connectivity index is 1.03. The molecule has 19 heteroatoms. The van der Waals surface area contributed by atoms with Gasteiger partial charge in [0.2, 0.25) is 12.0 Å². The van der Waals surface area contributed by atoms with Crippen molar-refractivity contribution in [1.82, 2.24) is 29.7 Å². The first-order valence-electron chi connectivity index (χ1n) is 25.1. The van der Waals surface area contributed by atoms with Gasteiger partial charge in [-0.1, -0.05) is 30.7 Å². The summed E-state index contributed by atoms with van der Waals surface area (Å²) in [5.41, 5.74) is 2.31. The molecule has 1 saturated carbocycles. The lowest BCUT2D eigenvalue weighted by Crippen LogP contribution is -2.48. The normalized spacial score (nSPS) is 25.5. The molecular weight excluding hydrogens is 994 g/mol. The van der Waals surface area contributed by atoms with Gasteiger partial charge in [-0.05, 0) is 105 Å². The molecule has 5 aromatic rings. The molecule has 0 radical (unpaired) electrons. The quantitative estimate of drug-likeness (QED) is 0.111. The minimum Gasteiger partial charge on any atom is -0.490 e. The van der Waals surface area contributed by atoms with E-state index in [4.69, 9.17) is 56.2 Å². The highest BCUT2D eigenvalue weighted by Gasteiger charge is 2.38. The molecule has 3 aliphatic heterocycles. The molecule has 0 unspecified atom stereocenters. The Bertz CT molecular complexity index is 2880. The zero-order valence-corrected chi connectivity index (χ0v) is 43.4. The number of benzene rings is 2. The molecule has 0 spiro atoms. The number of ether oxygens (including phenoxy) is 7. The van der Waals surface area contributed by atoms with Crippen molar-refractivity contribution in [2.75, 3.05) is 79.4 Å². The number of hydrogen-bond acceptors (Lipinski definition) is 15. The Morgan fingerprint density at radius 1 is 1.03 bits per heavy atom. The van der Waals surface area contributed by atoms with Crippen LogP contribution in [0.2, 0.25) is 0 Å². The van der Waals surface area contributed by atoms with Crippen LogP contribution in [0.5, 0.6) is 17.4 Å². The molecule has 3 aromatic heterocycles. The minimum absolute atomic E-state index is 0.00810. The van der Waals surface area contributed by atoms with Crippen LogP contribution in [0.25, 0.3) is 26.2 Å². The topological polar surface area (TPSA) is 160 Å².